The van der Waals surface area contributed by atoms with E-state index in [2.05, 4.69) is 162 Å². The van der Waals surface area contributed by atoms with Gasteiger partial charge in [-0.2, -0.15) is 0 Å². The van der Waals surface area contributed by atoms with Crippen molar-refractivity contribution in [1.29, 1.82) is 0 Å². The molecule has 3 atom stereocenters. The first-order chi connectivity index (χ1) is 25.2. The zero-order chi connectivity index (χ0) is 34.1. The van der Waals surface area contributed by atoms with Gasteiger partial charge in [0.2, 0.25) is 0 Å². The predicted molar refractivity (Wildman–Crippen MR) is 217 cm³/mol. The Morgan fingerprint density at radius 1 is 0.686 bits per heavy atom. The van der Waals surface area contributed by atoms with Crippen molar-refractivity contribution in [2.75, 3.05) is 4.90 Å². The number of hydrogen-bond donors (Lipinski definition) is 0. The van der Waals surface area contributed by atoms with Gasteiger partial charge in [0.15, 0.2) is 0 Å². The maximum Gasteiger partial charge on any atom is 0.0561 e. The summed E-state index contributed by atoms with van der Waals surface area (Å²) in [5, 5.41) is 4.06. The number of benzene rings is 2. The first-order valence-corrected chi connectivity index (χ1v) is 19.3. The Labute approximate surface area is 303 Å². The van der Waals surface area contributed by atoms with Crippen molar-refractivity contribution in [1.82, 2.24) is 4.57 Å². The maximum absolute atomic E-state index is 2.63. The number of rotatable bonds is 7. The Morgan fingerprint density at radius 2 is 1.51 bits per heavy atom. The van der Waals surface area contributed by atoms with E-state index < -0.39 is 0 Å². The van der Waals surface area contributed by atoms with Crippen LogP contribution in [0.15, 0.2) is 162 Å². The molecule has 2 nitrogen and oxygen atoms in total. The van der Waals surface area contributed by atoms with E-state index >= 15 is 0 Å². The Hall–Kier alpha value is -5.08. The predicted octanol–water partition coefficient (Wildman–Crippen LogP) is 11.0. The van der Waals surface area contributed by atoms with Gasteiger partial charge in [-0.3, -0.25) is 0 Å². The molecule has 2 aromatic carbocycles. The molecule has 0 saturated heterocycles. The van der Waals surface area contributed by atoms with Crippen LogP contribution in [0.5, 0.6) is 0 Å². The van der Waals surface area contributed by atoms with E-state index in [1.165, 1.54) is 79.2 Å². The Balaban J connectivity index is 1.07. The average Bonchev–Trinajstić information content (AvgIpc) is 3.52. The van der Waals surface area contributed by atoms with Crippen LogP contribution >= 0.6 is 0 Å². The molecule has 0 saturated carbocycles. The van der Waals surface area contributed by atoms with Crippen molar-refractivity contribution >= 4 is 28.7 Å². The smallest absolute Gasteiger partial charge is 0.0561 e. The minimum Gasteiger partial charge on any atom is -0.338 e. The van der Waals surface area contributed by atoms with Crippen molar-refractivity contribution in [3.05, 3.63) is 178 Å². The molecule has 0 fully saturated rings. The number of allylic oxidation sites excluding steroid dienone is 18. The number of anilines is 1. The molecule has 1 aromatic heterocycles. The molecule has 6 aliphatic rings. The van der Waals surface area contributed by atoms with Crippen LogP contribution in [0.4, 0.5) is 5.69 Å². The summed E-state index contributed by atoms with van der Waals surface area (Å²) in [6.07, 6.45) is 49.6. The molecule has 0 aliphatic heterocycles. The summed E-state index contributed by atoms with van der Waals surface area (Å²) in [4.78, 5) is 2.63. The van der Waals surface area contributed by atoms with Crippen molar-refractivity contribution in [2.45, 2.75) is 76.7 Å². The van der Waals surface area contributed by atoms with E-state index in [1.54, 1.807) is 0 Å². The molecule has 1 heterocycles. The number of nitrogens with zero attached hydrogens (tertiary/aromatic N) is 2. The lowest BCUT2D eigenvalue weighted by molar-refractivity contribution is 0.716. The second-order valence-electron chi connectivity index (χ2n) is 15.0. The lowest BCUT2D eigenvalue weighted by Gasteiger charge is -2.36. The SMILES string of the molecule is CC1C=c2c(c3ccc(N(C4=CC=CCC4)C4C=CC(C5=CC=C(C6=CC=CCC6)CC5)=CC4)cc3n2-c2ccc(C3C=CC=CC3)cc2)=CC1. The lowest BCUT2D eigenvalue weighted by Crippen LogP contribution is -2.34. The monoisotopic (exact) mass is 664 g/mol. The summed E-state index contributed by atoms with van der Waals surface area (Å²) in [5.41, 5.74) is 12.5. The molecule has 0 spiro atoms. The molecule has 6 aliphatic carbocycles. The van der Waals surface area contributed by atoms with Crippen LogP contribution in [-0.2, 0) is 0 Å². The lowest BCUT2D eigenvalue weighted by atomic mass is 9.85. The summed E-state index contributed by atoms with van der Waals surface area (Å²) in [5.74, 6) is 0.973. The molecule has 254 valence electrons. The Bertz CT molecular complexity index is 2300. The van der Waals surface area contributed by atoms with E-state index in [0.717, 1.165) is 44.9 Å². The van der Waals surface area contributed by atoms with E-state index in [4.69, 9.17) is 0 Å². The molecule has 2 heteroatoms. The zero-order valence-corrected chi connectivity index (χ0v) is 29.8. The molecular formula is C49H48N2. The van der Waals surface area contributed by atoms with Gasteiger partial charge in [0, 0.05) is 33.6 Å². The molecule has 3 unspecified atom stereocenters. The van der Waals surface area contributed by atoms with Gasteiger partial charge in [0.1, 0.15) is 0 Å². The van der Waals surface area contributed by atoms with E-state index in [9.17, 15) is 0 Å². The highest BCUT2D eigenvalue weighted by Crippen LogP contribution is 2.36. The first-order valence-electron chi connectivity index (χ1n) is 19.3. The molecule has 0 amide bonds. The average molecular weight is 665 g/mol. The number of hydrogen-bond acceptors (Lipinski definition) is 1. The number of fused-ring (bicyclic) bond motifs is 3. The Kier molecular flexibility index (Phi) is 8.69. The summed E-state index contributed by atoms with van der Waals surface area (Å²) in [6.45, 7) is 2.34. The van der Waals surface area contributed by atoms with Gasteiger partial charge >= 0.3 is 0 Å². The van der Waals surface area contributed by atoms with Crippen LogP contribution in [0, 0.1) is 5.92 Å². The van der Waals surface area contributed by atoms with Crippen LogP contribution < -0.4 is 15.5 Å². The van der Waals surface area contributed by atoms with Gasteiger partial charge in [0.05, 0.1) is 16.9 Å². The van der Waals surface area contributed by atoms with Gasteiger partial charge in [-0.1, -0.05) is 122 Å². The fraction of sp³-hybridized carbons (Fsp3) is 0.265. The third-order valence-corrected chi connectivity index (χ3v) is 11.7. The highest BCUT2D eigenvalue weighted by Gasteiger charge is 2.25. The van der Waals surface area contributed by atoms with Crippen LogP contribution in [0.1, 0.15) is 76.2 Å². The van der Waals surface area contributed by atoms with E-state index in [0.29, 0.717) is 11.8 Å². The van der Waals surface area contributed by atoms with Crippen molar-refractivity contribution in [3.63, 3.8) is 0 Å². The van der Waals surface area contributed by atoms with Crippen LogP contribution in [0.2, 0.25) is 0 Å². The summed E-state index contributed by atoms with van der Waals surface area (Å²) in [6, 6.07) is 16.9. The van der Waals surface area contributed by atoms with E-state index in [1.807, 2.05) is 0 Å². The van der Waals surface area contributed by atoms with Gasteiger partial charge in [0.25, 0.3) is 0 Å². The van der Waals surface area contributed by atoms with Crippen LogP contribution in [0.25, 0.3) is 28.7 Å². The van der Waals surface area contributed by atoms with Crippen molar-refractivity contribution in [2.24, 2.45) is 5.92 Å². The second-order valence-corrected chi connectivity index (χ2v) is 15.0. The topological polar surface area (TPSA) is 8.17 Å². The van der Waals surface area contributed by atoms with Gasteiger partial charge in [-0.15, -0.1) is 0 Å². The normalized spacial score (nSPS) is 23.8. The van der Waals surface area contributed by atoms with Gasteiger partial charge < -0.3 is 9.47 Å². The fourth-order valence-corrected chi connectivity index (χ4v) is 8.88. The van der Waals surface area contributed by atoms with Crippen molar-refractivity contribution in [3.8, 4) is 5.69 Å². The quantitative estimate of drug-likeness (QED) is 0.244. The first kappa shape index (κ1) is 31.9. The molecule has 0 radical (unpaired) electrons. The molecule has 3 aromatic rings. The maximum atomic E-state index is 2.63. The summed E-state index contributed by atoms with van der Waals surface area (Å²) < 4.78 is 2.53. The van der Waals surface area contributed by atoms with E-state index in [-0.39, 0.29) is 6.04 Å². The number of aromatic nitrogens is 1. The minimum absolute atomic E-state index is 0.270. The summed E-state index contributed by atoms with van der Waals surface area (Å²) in [7, 11) is 0. The largest absolute Gasteiger partial charge is 0.338 e. The zero-order valence-electron chi connectivity index (χ0n) is 29.8. The minimum atomic E-state index is 0.270. The molecule has 0 bridgehead atoms. The standard InChI is InChI=1S/C49H48N2/c1-35-17-31-46-47-32-30-45(34-49(47)51(48(46)33-35)44-28-24-40(25-29-44)37-13-7-3-8-14-37)50(42-15-9-4-10-16-42)43-26-22-41(23-27-43)39-20-18-38(19-21-39)36-11-5-2-6-12-36/h2-5,7-9,11,13,15,18,20,22-26,28-35,37,43H,6,10,12,14,16-17,19,21,27H2,1H3. The highest BCUT2D eigenvalue weighted by molar-refractivity contribution is 5.88. The van der Waals surface area contributed by atoms with Crippen molar-refractivity contribution < 1.29 is 0 Å². The van der Waals surface area contributed by atoms with Gasteiger partial charge in [-0.25, -0.2) is 0 Å². The third kappa shape index (κ3) is 6.27. The van der Waals surface area contributed by atoms with Crippen LogP contribution in [0.3, 0.4) is 0 Å². The molecule has 51 heavy (non-hydrogen) atoms. The Morgan fingerprint density at radius 3 is 2.24 bits per heavy atom. The third-order valence-electron chi connectivity index (χ3n) is 11.7. The molecule has 0 N–H and O–H groups in total. The fourth-order valence-electron chi connectivity index (χ4n) is 8.88. The molecular weight excluding hydrogens is 617 g/mol. The van der Waals surface area contributed by atoms with Crippen LogP contribution in [-0.4, -0.2) is 10.6 Å². The summed E-state index contributed by atoms with van der Waals surface area (Å²) >= 11 is 0. The molecule has 9 rings (SSSR count). The van der Waals surface area contributed by atoms with Gasteiger partial charge in [-0.05, 0) is 122 Å². The second kappa shape index (κ2) is 13.9. The highest BCUT2D eigenvalue weighted by atomic mass is 15.2.